The maximum absolute atomic E-state index is 12.3. The van der Waals surface area contributed by atoms with E-state index >= 15 is 0 Å². The van der Waals surface area contributed by atoms with Gasteiger partial charge in [-0.05, 0) is 24.3 Å². The Balaban J connectivity index is 0.000000171. The fourth-order valence-corrected chi connectivity index (χ4v) is 4.98. The molecule has 0 radical (unpaired) electrons. The molecule has 4 aromatic rings. The van der Waals surface area contributed by atoms with Gasteiger partial charge in [-0.2, -0.15) is 0 Å². The molecule has 0 unspecified atom stereocenters. The fraction of sp³-hybridized carbons (Fsp3) is 0.333. The largest absolute Gasteiger partial charge is 0.497 e. The summed E-state index contributed by atoms with van der Waals surface area (Å²) in [4.78, 5) is 47.0. The van der Waals surface area contributed by atoms with Gasteiger partial charge < -0.3 is 42.7 Å². The first-order chi connectivity index (χ1) is 20.8. The number of aromatic carboxylic acids is 1. The topological polar surface area (TPSA) is 154 Å². The van der Waals surface area contributed by atoms with Crippen LogP contribution in [0.4, 0.5) is 0 Å². The van der Waals surface area contributed by atoms with E-state index in [9.17, 15) is 24.3 Å². The Labute approximate surface area is 244 Å². The normalized spacial score (nSPS) is 15.4. The van der Waals surface area contributed by atoms with E-state index in [4.69, 9.17) is 28.4 Å². The van der Waals surface area contributed by atoms with E-state index in [1.807, 2.05) is 0 Å². The van der Waals surface area contributed by atoms with Crippen LogP contribution >= 0.6 is 0 Å². The molecule has 2 fully saturated rings. The number of aromatic nitrogens is 2. The van der Waals surface area contributed by atoms with Crippen molar-refractivity contribution in [1.29, 1.82) is 0 Å². The van der Waals surface area contributed by atoms with Crippen molar-refractivity contribution >= 4 is 34.1 Å². The number of nitrogens with zero attached hydrogens (tertiary/aromatic N) is 2. The third-order valence-corrected chi connectivity index (χ3v) is 7.07. The Kier molecular flexibility index (Phi) is 9.16. The van der Waals surface area contributed by atoms with Gasteiger partial charge in [-0.3, -0.25) is 14.4 Å². The summed E-state index contributed by atoms with van der Waals surface area (Å²) < 4.78 is 34.9. The van der Waals surface area contributed by atoms with Crippen LogP contribution in [0.1, 0.15) is 20.7 Å². The van der Waals surface area contributed by atoms with Crippen molar-refractivity contribution in [3.05, 3.63) is 80.4 Å². The van der Waals surface area contributed by atoms with E-state index in [1.165, 1.54) is 17.7 Å². The number of pyridine rings is 2. The van der Waals surface area contributed by atoms with E-state index < -0.39 is 24.1 Å². The van der Waals surface area contributed by atoms with E-state index in [1.54, 1.807) is 48.1 Å². The van der Waals surface area contributed by atoms with E-state index in [0.29, 0.717) is 71.6 Å². The van der Waals surface area contributed by atoms with Crippen molar-refractivity contribution < 1.29 is 43.1 Å². The number of methoxy groups -OCH3 is 2. The highest BCUT2D eigenvalue weighted by Gasteiger charge is 2.21. The number of hydrogen-bond acceptors (Lipinski definition) is 10. The lowest BCUT2D eigenvalue weighted by atomic mass is 10.1. The van der Waals surface area contributed by atoms with Gasteiger partial charge in [-0.15, -0.1) is 0 Å². The summed E-state index contributed by atoms with van der Waals surface area (Å²) in [5.41, 5.74) is 0.745. The van der Waals surface area contributed by atoms with Crippen LogP contribution in [0.2, 0.25) is 0 Å². The first kappa shape index (κ1) is 29.9. The van der Waals surface area contributed by atoms with Crippen molar-refractivity contribution in [2.45, 2.75) is 25.7 Å². The number of rotatable bonds is 8. The van der Waals surface area contributed by atoms with Crippen molar-refractivity contribution in [3.8, 4) is 11.5 Å². The number of fused-ring (bicyclic) bond motifs is 2. The number of hydrogen-bond donors (Lipinski definition) is 1. The Bertz CT molecular complexity index is 1770. The summed E-state index contributed by atoms with van der Waals surface area (Å²) in [6, 6.07) is 12.6. The van der Waals surface area contributed by atoms with Gasteiger partial charge in [0.15, 0.2) is 18.9 Å². The third-order valence-electron chi connectivity index (χ3n) is 7.07. The molecule has 0 atom stereocenters. The molecular formula is C30H30N2O11. The van der Waals surface area contributed by atoms with Crippen molar-refractivity contribution in [2.75, 3.05) is 40.6 Å². The van der Waals surface area contributed by atoms with Crippen molar-refractivity contribution in [1.82, 2.24) is 9.13 Å². The zero-order valence-electron chi connectivity index (χ0n) is 23.5. The molecule has 0 bridgehead atoms. The molecule has 0 aliphatic carbocycles. The van der Waals surface area contributed by atoms with Gasteiger partial charge in [0, 0.05) is 40.6 Å². The second-order valence-corrected chi connectivity index (χ2v) is 9.59. The predicted molar refractivity (Wildman–Crippen MR) is 153 cm³/mol. The fourth-order valence-electron chi connectivity index (χ4n) is 4.98. The predicted octanol–water partition coefficient (Wildman–Crippen LogP) is 2.28. The molecule has 226 valence electrons. The van der Waals surface area contributed by atoms with Crippen LogP contribution in [0, 0.1) is 0 Å². The molecule has 0 saturated carbocycles. The minimum absolute atomic E-state index is 0.0350. The molecule has 13 nitrogen and oxygen atoms in total. The lowest BCUT2D eigenvalue weighted by Gasteiger charge is -2.16. The quantitative estimate of drug-likeness (QED) is 0.299. The maximum Gasteiger partial charge on any atom is 0.336 e. The minimum atomic E-state index is -1.15. The van der Waals surface area contributed by atoms with Gasteiger partial charge in [0.25, 0.3) is 11.1 Å². The summed E-state index contributed by atoms with van der Waals surface area (Å²) in [7, 11) is 3.06. The first-order valence-electron chi connectivity index (χ1n) is 13.4. The molecule has 2 aromatic carbocycles. The summed E-state index contributed by atoms with van der Waals surface area (Å²) in [5, 5.41) is 10.4. The number of ether oxygens (including phenoxy) is 6. The highest BCUT2D eigenvalue weighted by molar-refractivity contribution is 6.02. The van der Waals surface area contributed by atoms with Gasteiger partial charge in [-0.25, -0.2) is 4.79 Å². The standard InChI is InChI=1S/C15H15NO6.C15H15NO5/c1-20-9-2-3-10-11(15(18)19)7-13(17)16(12(10)6-9)8-14-21-4-5-22-14;1-19-11-2-3-12-10(9-17)6-14(18)16(13(12)7-11)8-15-20-4-5-21-15/h2-3,6-7,14H,4-5,8H2,1H3,(H,18,19);2-3,6-7,9,15H,4-5,8H2,1H3. The van der Waals surface area contributed by atoms with Crippen molar-refractivity contribution in [2.24, 2.45) is 0 Å². The second-order valence-electron chi connectivity index (χ2n) is 9.59. The average Bonchev–Trinajstić information content (AvgIpc) is 3.74. The Morgan fingerprint density at radius 1 is 0.791 bits per heavy atom. The highest BCUT2D eigenvalue weighted by atomic mass is 16.7. The Morgan fingerprint density at radius 3 is 1.72 bits per heavy atom. The van der Waals surface area contributed by atoms with Crippen LogP contribution in [-0.4, -0.2) is 79.7 Å². The van der Waals surface area contributed by atoms with Crippen LogP contribution in [0.25, 0.3) is 21.8 Å². The molecule has 2 aliphatic rings. The van der Waals surface area contributed by atoms with Gasteiger partial charge in [0.1, 0.15) is 11.5 Å². The zero-order valence-corrected chi connectivity index (χ0v) is 23.5. The van der Waals surface area contributed by atoms with Gasteiger partial charge in [0.05, 0.1) is 70.3 Å². The minimum Gasteiger partial charge on any atom is -0.497 e. The van der Waals surface area contributed by atoms with E-state index in [-0.39, 0.29) is 24.2 Å². The van der Waals surface area contributed by atoms with Gasteiger partial charge in [-0.1, -0.05) is 0 Å². The number of benzene rings is 2. The van der Waals surface area contributed by atoms with Crippen LogP contribution in [0.3, 0.4) is 0 Å². The highest BCUT2D eigenvalue weighted by Crippen LogP contribution is 2.24. The van der Waals surface area contributed by atoms with Gasteiger partial charge in [0.2, 0.25) is 0 Å². The molecular weight excluding hydrogens is 564 g/mol. The second kappa shape index (κ2) is 13.2. The molecule has 13 heteroatoms. The maximum atomic E-state index is 12.3. The molecule has 4 heterocycles. The molecule has 43 heavy (non-hydrogen) atoms. The summed E-state index contributed by atoms with van der Waals surface area (Å²) in [5.74, 6) is 0.0104. The molecule has 0 amide bonds. The average molecular weight is 595 g/mol. The molecule has 1 N–H and O–H groups in total. The smallest absolute Gasteiger partial charge is 0.336 e. The number of aldehydes is 1. The van der Waals surface area contributed by atoms with E-state index in [2.05, 4.69) is 0 Å². The van der Waals surface area contributed by atoms with Crippen molar-refractivity contribution in [3.63, 3.8) is 0 Å². The Hall–Kier alpha value is -4.56. The number of carboxylic acids is 1. The zero-order chi connectivity index (χ0) is 30.5. The lowest BCUT2D eigenvalue weighted by Crippen LogP contribution is -2.28. The number of carbonyl (C=O) groups excluding carboxylic acids is 1. The van der Waals surface area contributed by atoms with Crippen LogP contribution in [0.5, 0.6) is 11.5 Å². The monoisotopic (exact) mass is 594 g/mol. The molecule has 6 rings (SSSR count). The summed E-state index contributed by atoms with van der Waals surface area (Å²) in [6.07, 6.45) is -0.273. The summed E-state index contributed by atoms with van der Waals surface area (Å²) >= 11 is 0. The molecule has 0 spiro atoms. The van der Waals surface area contributed by atoms with E-state index in [0.717, 1.165) is 6.07 Å². The molecule has 2 saturated heterocycles. The van der Waals surface area contributed by atoms with Crippen LogP contribution < -0.4 is 20.6 Å². The third kappa shape index (κ3) is 6.44. The molecule has 2 aromatic heterocycles. The van der Waals surface area contributed by atoms with Gasteiger partial charge >= 0.3 is 5.97 Å². The summed E-state index contributed by atoms with van der Waals surface area (Å²) in [6.45, 7) is 2.48. The number of carbonyl (C=O) groups is 2. The molecule has 2 aliphatic heterocycles. The Morgan fingerprint density at radius 2 is 1.26 bits per heavy atom. The van der Waals surface area contributed by atoms with Crippen LogP contribution in [0.15, 0.2) is 58.1 Å². The van der Waals surface area contributed by atoms with Crippen LogP contribution in [-0.2, 0) is 32.0 Å². The lowest BCUT2D eigenvalue weighted by molar-refractivity contribution is -0.0525. The SMILES string of the molecule is COc1ccc2c(C(=O)O)cc(=O)n(CC3OCCO3)c2c1.COc1ccc2c(C=O)cc(=O)n(CC3OCCO3)c2c1. The first-order valence-corrected chi connectivity index (χ1v) is 13.4. The number of carboxylic acid groups (broad SMARTS) is 1.